The first kappa shape index (κ1) is 9.97. The number of benzene rings is 1. The van der Waals surface area contributed by atoms with Crippen molar-refractivity contribution >= 4 is 34.0 Å². The molecule has 0 bridgehead atoms. The second kappa shape index (κ2) is 3.89. The maximum absolute atomic E-state index is 4.55. The summed E-state index contributed by atoms with van der Waals surface area (Å²) in [6, 6.07) is 6.19. The van der Waals surface area contributed by atoms with Gasteiger partial charge >= 0.3 is 0 Å². The van der Waals surface area contributed by atoms with Gasteiger partial charge in [0.05, 0.1) is 5.16 Å². The number of nitrogens with zero attached hydrogens (tertiary/aromatic N) is 2. The fraction of sp³-hybridized carbons (Fsp3) is 0.167. The van der Waals surface area contributed by atoms with E-state index in [-0.39, 0.29) is 0 Å². The lowest BCUT2D eigenvalue weighted by Gasteiger charge is -2.03. The molecule has 1 aromatic carbocycles. The lowest BCUT2D eigenvalue weighted by atomic mass is 10.0. The van der Waals surface area contributed by atoms with E-state index in [9.17, 15) is 0 Å². The Kier molecular flexibility index (Phi) is 2.58. The van der Waals surface area contributed by atoms with Gasteiger partial charge in [-0.15, -0.1) is 0 Å². The van der Waals surface area contributed by atoms with E-state index >= 15 is 0 Å². The molecule has 2 nitrogen and oxygen atoms in total. The Bertz CT molecular complexity index is 569. The van der Waals surface area contributed by atoms with E-state index in [1.807, 2.05) is 12.3 Å². The van der Waals surface area contributed by atoms with Crippen LogP contribution in [0.4, 0.5) is 5.82 Å². The van der Waals surface area contributed by atoms with Crippen LogP contribution in [0.5, 0.6) is 0 Å². The van der Waals surface area contributed by atoms with Crippen molar-refractivity contribution in [3.8, 4) is 0 Å². The van der Waals surface area contributed by atoms with Crippen LogP contribution in [0.3, 0.4) is 0 Å². The minimum Gasteiger partial charge on any atom is -0.236 e. The van der Waals surface area contributed by atoms with Gasteiger partial charge in [-0.25, -0.2) is 4.98 Å². The van der Waals surface area contributed by atoms with Crippen LogP contribution in [0.2, 0.25) is 0 Å². The van der Waals surface area contributed by atoms with E-state index in [0.717, 1.165) is 10.8 Å². The van der Waals surface area contributed by atoms with Crippen molar-refractivity contribution in [3.05, 3.63) is 35.5 Å². The number of fused-ring (bicyclic) bond motifs is 1. The molecular formula is C12H10N2S. The van der Waals surface area contributed by atoms with Crippen LogP contribution in [0, 0.1) is 13.8 Å². The number of pyridine rings is 1. The summed E-state index contributed by atoms with van der Waals surface area (Å²) in [6.45, 7) is 4.16. The van der Waals surface area contributed by atoms with Crippen molar-refractivity contribution in [1.29, 1.82) is 0 Å². The molecule has 0 saturated carbocycles. The first-order valence-electron chi connectivity index (χ1n) is 4.65. The summed E-state index contributed by atoms with van der Waals surface area (Å²) in [4.78, 5) is 8.06. The van der Waals surface area contributed by atoms with E-state index in [1.165, 1.54) is 11.1 Å². The summed E-state index contributed by atoms with van der Waals surface area (Å²) in [7, 11) is 0. The maximum atomic E-state index is 4.55. The number of hydrogen-bond acceptors (Lipinski definition) is 3. The van der Waals surface area contributed by atoms with Crippen LogP contribution in [0.25, 0.3) is 10.8 Å². The molecule has 0 unspecified atom stereocenters. The van der Waals surface area contributed by atoms with Crippen LogP contribution >= 0.6 is 12.2 Å². The fourth-order valence-electron chi connectivity index (χ4n) is 1.72. The van der Waals surface area contributed by atoms with Crippen LogP contribution in [0.15, 0.2) is 29.4 Å². The first-order chi connectivity index (χ1) is 7.20. The molecule has 0 aliphatic carbocycles. The Labute approximate surface area is 93.7 Å². The van der Waals surface area contributed by atoms with Crippen LogP contribution in [-0.2, 0) is 0 Å². The van der Waals surface area contributed by atoms with Gasteiger partial charge in [0.2, 0.25) is 0 Å². The number of aliphatic imine (C=N–C) groups is 1. The summed E-state index contributed by atoms with van der Waals surface area (Å²) in [6.07, 6.45) is 1.83. The van der Waals surface area contributed by atoms with Crippen LogP contribution in [-0.4, -0.2) is 10.1 Å². The number of hydrogen-bond donors (Lipinski definition) is 0. The molecule has 0 N–H and O–H groups in total. The quantitative estimate of drug-likeness (QED) is 0.535. The summed E-state index contributed by atoms with van der Waals surface area (Å²) in [5.41, 5.74) is 2.47. The van der Waals surface area contributed by atoms with Gasteiger partial charge in [0.1, 0.15) is 0 Å². The monoisotopic (exact) mass is 214 g/mol. The normalized spacial score (nSPS) is 10.0. The zero-order chi connectivity index (χ0) is 10.8. The summed E-state index contributed by atoms with van der Waals surface area (Å²) in [5.74, 6) is 0.613. The predicted octanol–water partition coefficient (Wildman–Crippen LogP) is 3.59. The van der Waals surface area contributed by atoms with Gasteiger partial charge < -0.3 is 0 Å². The average Bonchev–Trinajstić information content (AvgIpc) is 2.17. The van der Waals surface area contributed by atoms with Crippen molar-refractivity contribution in [2.24, 2.45) is 4.99 Å². The second-order valence-corrected chi connectivity index (χ2v) is 3.73. The Morgan fingerprint density at radius 3 is 2.80 bits per heavy atom. The summed E-state index contributed by atoms with van der Waals surface area (Å²) >= 11 is 4.55. The standard InChI is InChI=1S/C12H10N2S/c1-8-3-9(2)11-6-13-12(14-7-15)5-10(11)4-8/h3-6H,1-2H3. The van der Waals surface area contributed by atoms with Gasteiger partial charge in [0.15, 0.2) is 5.82 Å². The number of isothiocyanates is 1. The average molecular weight is 214 g/mol. The minimum absolute atomic E-state index is 0.613. The summed E-state index contributed by atoms with van der Waals surface area (Å²) in [5, 5.41) is 4.63. The van der Waals surface area contributed by atoms with Crippen LogP contribution < -0.4 is 0 Å². The predicted molar refractivity (Wildman–Crippen MR) is 65.9 cm³/mol. The van der Waals surface area contributed by atoms with E-state index in [0.29, 0.717) is 5.82 Å². The molecule has 0 fully saturated rings. The van der Waals surface area contributed by atoms with Gasteiger partial charge in [-0.05, 0) is 43.1 Å². The minimum atomic E-state index is 0.613. The third-order valence-corrected chi connectivity index (χ3v) is 2.43. The molecule has 0 aliphatic heterocycles. The number of rotatable bonds is 1. The molecule has 74 valence electrons. The number of thiocarbonyl (C=S) groups is 1. The lowest BCUT2D eigenvalue weighted by Crippen LogP contribution is -1.83. The molecule has 0 saturated heterocycles. The molecular weight excluding hydrogens is 204 g/mol. The maximum Gasteiger partial charge on any atom is 0.163 e. The number of aryl methyl sites for hydroxylation is 2. The first-order valence-corrected chi connectivity index (χ1v) is 5.06. The Hall–Kier alpha value is -1.57. The van der Waals surface area contributed by atoms with E-state index in [2.05, 4.69) is 53.3 Å². The van der Waals surface area contributed by atoms with E-state index in [4.69, 9.17) is 0 Å². The van der Waals surface area contributed by atoms with Crippen LogP contribution in [0.1, 0.15) is 11.1 Å². The Morgan fingerprint density at radius 2 is 2.07 bits per heavy atom. The molecule has 2 rings (SSSR count). The highest BCUT2D eigenvalue weighted by Crippen LogP contribution is 2.22. The second-order valence-electron chi connectivity index (χ2n) is 3.55. The lowest BCUT2D eigenvalue weighted by molar-refractivity contribution is 1.30. The van der Waals surface area contributed by atoms with Crippen molar-refractivity contribution in [1.82, 2.24) is 4.98 Å². The Morgan fingerprint density at radius 1 is 1.27 bits per heavy atom. The van der Waals surface area contributed by atoms with Crippen molar-refractivity contribution < 1.29 is 0 Å². The Balaban J connectivity index is 2.76. The van der Waals surface area contributed by atoms with Crippen molar-refractivity contribution in [3.63, 3.8) is 0 Å². The van der Waals surface area contributed by atoms with Gasteiger partial charge in [-0.1, -0.05) is 17.7 Å². The molecule has 15 heavy (non-hydrogen) atoms. The van der Waals surface area contributed by atoms with Crippen molar-refractivity contribution in [2.45, 2.75) is 13.8 Å². The summed E-state index contributed by atoms with van der Waals surface area (Å²) < 4.78 is 0. The third-order valence-electron chi connectivity index (χ3n) is 2.33. The zero-order valence-electron chi connectivity index (χ0n) is 8.61. The highest BCUT2D eigenvalue weighted by Gasteiger charge is 2.00. The van der Waals surface area contributed by atoms with Gasteiger partial charge in [-0.2, -0.15) is 4.99 Å². The SMILES string of the molecule is Cc1cc(C)c2cnc(N=C=S)cc2c1. The molecule has 2 aromatic rings. The number of aromatic nitrogens is 1. The van der Waals surface area contributed by atoms with Crippen molar-refractivity contribution in [2.75, 3.05) is 0 Å². The van der Waals surface area contributed by atoms with E-state index in [1.54, 1.807) is 0 Å². The molecule has 0 radical (unpaired) electrons. The van der Waals surface area contributed by atoms with E-state index < -0.39 is 0 Å². The zero-order valence-corrected chi connectivity index (χ0v) is 9.43. The smallest absolute Gasteiger partial charge is 0.163 e. The highest BCUT2D eigenvalue weighted by atomic mass is 32.1. The molecule has 1 heterocycles. The largest absolute Gasteiger partial charge is 0.236 e. The molecule has 3 heteroatoms. The fourth-order valence-corrected chi connectivity index (χ4v) is 1.82. The molecule has 0 atom stereocenters. The topological polar surface area (TPSA) is 25.2 Å². The van der Waals surface area contributed by atoms with Gasteiger partial charge in [0.25, 0.3) is 0 Å². The van der Waals surface area contributed by atoms with Gasteiger partial charge in [0, 0.05) is 11.6 Å². The van der Waals surface area contributed by atoms with Gasteiger partial charge in [-0.3, -0.25) is 0 Å². The molecule has 0 amide bonds. The molecule has 0 aliphatic rings. The molecule has 1 aromatic heterocycles. The molecule has 0 spiro atoms. The third kappa shape index (κ3) is 1.94. The highest BCUT2D eigenvalue weighted by molar-refractivity contribution is 7.78.